The molecule has 0 aliphatic carbocycles. The van der Waals surface area contributed by atoms with Gasteiger partial charge in [-0.05, 0) is 34.7 Å². The number of carbonyl (C=O) groups is 1. The lowest BCUT2D eigenvalue weighted by atomic mass is 10.4. The Morgan fingerprint density at radius 2 is 2.25 bits per heavy atom. The summed E-state index contributed by atoms with van der Waals surface area (Å²) in [4.78, 5) is 14.8. The van der Waals surface area contributed by atoms with Gasteiger partial charge in [-0.15, -0.1) is 0 Å². The lowest BCUT2D eigenvalue weighted by molar-refractivity contribution is 0.0690. The van der Waals surface area contributed by atoms with Crippen LogP contribution in [0.4, 0.5) is 5.82 Å². The molecule has 0 unspecified atom stereocenters. The van der Waals surface area contributed by atoms with Crippen molar-refractivity contribution in [1.29, 1.82) is 0 Å². The molecule has 2 aromatic rings. The smallest absolute Gasteiger partial charge is 0.356 e. The van der Waals surface area contributed by atoms with Crippen molar-refractivity contribution in [3.63, 3.8) is 0 Å². The Morgan fingerprint density at radius 3 is 2.81 bits per heavy atom. The van der Waals surface area contributed by atoms with Crippen molar-refractivity contribution in [3.8, 4) is 5.82 Å². The van der Waals surface area contributed by atoms with Crippen LogP contribution in [0.3, 0.4) is 0 Å². The van der Waals surface area contributed by atoms with Crippen molar-refractivity contribution < 1.29 is 9.90 Å². The molecule has 0 spiro atoms. The maximum atomic E-state index is 10.7. The van der Waals surface area contributed by atoms with E-state index in [1.165, 1.54) is 10.7 Å². The summed E-state index contributed by atoms with van der Waals surface area (Å²) in [7, 11) is 0. The molecule has 0 aliphatic heterocycles. The first kappa shape index (κ1) is 10.9. The van der Waals surface area contributed by atoms with Gasteiger partial charge in [-0.1, -0.05) is 0 Å². The molecule has 0 radical (unpaired) electrons. The van der Waals surface area contributed by atoms with E-state index in [1.54, 1.807) is 12.3 Å². The monoisotopic (exact) mass is 330 g/mol. The van der Waals surface area contributed by atoms with E-state index in [0.717, 1.165) is 3.57 Å². The molecule has 6 nitrogen and oxygen atoms in total. The molecular formula is C9H7IN4O2. The Balaban J connectivity index is 2.52. The van der Waals surface area contributed by atoms with Gasteiger partial charge in [0.05, 0.1) is 0 Å². The predicted octanol–water partition coefficient (Wildman–Crippen LogP) is 1.15. The standard InChI is InChI=1S/C9H7IN4O2/c10-5-1-2-12-8(3-5)14-7(11)4-6(13-14)9(15)16/h1-4H,11H2,(H,15,16). The Bertz CT molecular complexity index is 552. The third-order valence-corrected chi connectivity index (χ3v) is 2.55. The third-order valence-electron chi connectivity index (χ3n) is 1.88. The average Bonchev–Trinajstić information content (AvgIpc) is 2.60. The fourth-order valence-corrected chi connectivity index (χ4v) is 1.63. The van der Waals surface area contributed by atoms with E-state index in [0.29, 0.717) is 5.82 Å². The number of rotatable bonds is 2. The van der Waals surface area contributed by atoms with Crippen molar-refractivity contribution in [2.45, 2.75) is 0 Å². The molecule has 0 saturated heterocycles. The Hall–Kier alpha value is -1.64. The Labute approximate surface area is 104 Å². The van der Waals surface area contributed by atoms with Crippen LogP contribution in [0.15, 0.2) is 24.4 Å². The molecule has 2 rings (SSSR count). The third kappa shape index (κ3) is 1.98. The highest BCUT2D eigenvalue weighted by atomic mass is 127. The van der Waals surface area contributed by atoms with E-state index in [1.807, 2.05) is 6.07 Å². The quantitative estimate of drug-likeness (QED) is 0.806. The number of nitrogens with two attached hydrogens (primary N) is 1. The highest BCUT2D eigenvalue weighted by Crippen LogP contribution is 2.14. The summed E-state index contributed by atoms with van der Waals surface area (Å²) in [6.07, 6.45) is 1.61. The Morgan fingerprint density at radius 1 is 1.50 bits per heavy atom. The molecule has 0 atom stereocenters. The van der Waals surface area contributed by atoms with Crippen LogP contribution in [0.5, 0.6) is 0 Å². The minimum atomic E-state index is -1.11. The Kier molecular flexibility index (Phi) is 2.77. The van der Waals surface area contributed by atoms with Crippen molar-refractivity contribution in [1.82, 2.24) is 14.8 Å². The van der Waals surface area contributed by atoms with E-state index in [2.05, 4.69) is 32.7 Å². The molecule has 0 bridgehead atoms. The molecule has 0 fully saturated rings. The lowest BCUT2D eigenvalue weighted by Gasteiger charge is -2.02. The van der Waals surface area contributed by atoms with Gasteiger partial charge < -0.3 is 10.8 Å². The largest absolute Gasteiger partial charge is 0.476 e. The fourth-order valence-electron chi connectivity index (χ4n) is 1.19. The number of anilines is 1. The first-order valence-corrected chi connectivity index (χ1v) is 5.36. The summed E-state index contributed by atoms with van der Waals surface area (Å²) in [5.74, 6) is -0.375. The van der Waals surface area contributed by atoms with Crippen molar-refractivity contribution in [2.24, 2.45) is 0 Å². The number of carboxylic acid groups (broad SMARTS) is 1. The molecule has 82 valence electrons. The van der Waals surface area contributed by atoms with Gasteiger partial charge in [0.25, 0.3) is 0 Å². The van der Waals surface area contributed by atoms with Crippen LogP contribution in [0, 0.1) is 3.57 Å². The first-order chi connectivity index (χ1) is 7.58. The fraction of sp³-hybridized carbons (Fsp3) is 0. The van der Waals surface area contributed by atoms with Crippen LogP contribution in [0.1, 0.15) is 10.5 Å². The van der Waals surface area contributed by atoms with Crippen LogP contribution in [-0.4, -0.2) is 25.8 Å². The van der Waals surface area contributed by atoms with Crippen LogP contribution in [-0.2, 0) is 0 Å². The number of nitrogens with zero attached hydrogens (tertiary/aromatic N) is 3. The zero-order chi connectivity index (χ0) is 11.7. The number of nitrogen functional groups attached to an aromatic ring is 1. The number of pyridine rings is 1. The maximum absolute atomic E-state index is 10.7. The zero-order valence-electron chi connectivity index (χ0n) is 7.96. The van der Waals surface area contributed by atoms with E-state index in [-0.39, 0.29) is 11.5 Å². The van der Waals surface area contributed by atoms with Gasteiger partial charge in [0.15, 0.2) is 11.5 Å². The van der Waals surface area contributed by atoms with Gasteiger partial charge in [0, 0.05) is 15.8 Å². The summed E-state index contributed by atoms with van der Waals surface area (Å²) in [5, 5.41) is 12.6. The van der Waals surface area contributed by atoms with E-state index in [9.17, 15) is 4.79 Å². The number of aromatic nitrogens is 3. The molecule has 2 heterocycles. The second-order valence-corrected chi connectivity index (χ2v) is 4.25. The number of aromatic carboxylic acids is 1. The van der Waals surface area contributed by atoms with E-state index in [4.69, 9.17) is 10.8 Å². The minimum Gasteiger partial charge on any atom is -0.476 e. The van der Waals surface area contributed by atoms with E-state index < -0.39 is 5.97 Å². The number of carboxylic acids is 1. The highest BCUT2D eigenvalue weighted by molar-refractivity contribution is 14.1. The molecule has 0 amide bonds. The molecule has 16 heavy (non-hydrogen) atoms. The lowest BCUT2D eigenvalue weighted by Crippen LogP contribution is -2.05. The number of halogens is 1. The highest BCUT2D eigenvalue weighted by Gasteiger charge is 2.12. The molecule has 3 N–H and O–H groups in total. The predicted molar refractivity (Wildman–Crippen MR) is 65.4 cm³/mol. The molecule has 7 heteroatoms. The maximum Gasteiger partial charge on any atom is 0.356 e. The SMILES string of the molecule is Nc1cc(C(=O)O)nn1-c1cc(I)ccn1. The normalized spacial score (nSPS) is 10.3. The van der Waals surface area contributed by atoms with Gasteiger partial charge in [-0.25, -0.2) is 9.78 Å². The molecule has 0 aromatic carbocycles. The van der Waals surface area contributed by atoms with Gasteiger partial charge in [-0.2, -0.15) is 9.78 Å². The van der Waals surface area contributed by atoms with Crippen LogP contribution >= 0.6 is 22.6 Å². The second-order valence-electron chi connectivity index (χ2n) is 3.00. The molecular weight excluding hydrogens is 323 g/mol. The zero-order valence-corrected chi connectivity index (χ0v) is 10.1. The summed E-state index contributed by atoms with van der Waals surface area (Å²) >= 11 is 2.13. The topological polar surface area (TPSA) is 94.0 Å². The van der Waals surface area contributed by atoms with Gasteiger partial charge in [0.1, 0.15) is 5.82 Å². The average molecular weight is 330 g/mol. The van der Waals surface area contributed by atoms with Crippen LogP contribution in [0.25, 0.3) is 5.82 Å². The van der Waals surface area contributed by atoms with E-state index >= 15 is 0 Å². The summed E-state index contributed by atoms with van der Waals surface area (Å²) in [6.45, 7) is 0. The summed E-state index contributed by atoms with van der Waals surface area (Å²) in [6, 6.07) is 4.88. The van der Waals surface area contributed by atoms with Crippen molar-refractivity contribution in [2.75, 3.05) is 5.73 Å². The van der Waals surface area contributed by atoms with Gasteiger partial charge >= 0.3 is 5.97 Å². The summed E-state index contributed by atoms with van der Waals surface area (Å²) in [5.41, 5.74) is 5.56. The second kappa shape index (κ2) is 4.08. The van der Waals surface area contributed by atoms with Crippen LogP contribution < -0.4 is 5.73 Å². The van der Waals surface area contributed by atoms with Gasteiger partial charge in [0.2, 0.25) is 0 Å². The molecule has 2 aromatic heterocycles. The number of hydrogen-bond donors (Lipinski definition) is 2. The van der Waals surface area contributed by atoms with Crippen molar-refractivity contribution in [3.05, 3.63) is 33.7 Å². The minimum absolute atomic E-state index is 0.0989. The number of hydrogen-bond acceptors (Lipinski definition) is 4. The molecule has 0 saturated carbocycles. The van der Waals surface area contributed by atoms with Crippen LogP contribution in [0.2, 0.25) is 0 Å². The first-order valence-electron chi connectivity index (χ1n) is 4.28. The summed E-state index contributed by atoms with van der Waals surface area (Å²) < 4.78 is 2.26. The van der Waals surface area contributed by atoms with Crippen molar-refractivity contribution >= 4 is 34.4 Å². The molecule has 0 aliphatic rings. The van der Waals surface area contributed by atoms with Gasteiger partial charge in [-0.3, -0.25) is 0 Å².